The molecule has 2 aromatic rings. The molecular weight excluding hydrogens is 391 g/mol. The van der Waals surface area contributed by atoms with Crippen molar-refractivity contribution in [3.8, 4) is 11.5 Å². The van der Waals surface area contributed by atoms with Crippen LogP contribution < -0.4 is 14.8 Å². The first-order valence-electron chi connectivity index (χ1n) is 8.45. The van der Waals surface area contributed by atoms with Crippen molar-refractivity contribution < 1.29 is 9.47 Å². The summed E-state index contributed by atoms with van der Waals surface area (Å²) in [6.07, 6.45) is 0.863. The predicted molar refractivity (Wildman–Crippen MR) is 111 cm³/mol. The molecule has 0 amide bonds. The second-order valence-corrected chi connectivity index (χ2v) is 7.29. The number of nitrogens with one attached hydrogen (secondary N) is 1. The maximum Gasteiger partial charge on any atom is 0.173 e. The lowest BCUT2D eigenvalue weighted by Gasteiger charge is -2.32. The number of para-hydroxylation sites is 2. The number of fused-ring (bicyclic) bond motifs is 1. The standard InChI is InChI=1S/C19H20Cl2N2O2S/c1-2-7-23(19(26)22-15-9-13(20)8-14(21)10-15)11-16-12-24-17-5-3-4-6-18(17)25-16/h3-6,8-10,16H,2,7,11-12H2,1H3,(H,22,26)/t16-/m1/s1. The van der Waals surface area contributed by atoms with Crippen LogP contribution in [0.4, 0.5) is 5.69 Å². The lowest BCUT2D eigenvalue weighted by atomic mass is 10.2. The Kier molecular flexibility index (Phi) is 6.46. The van der Waals surface area contributed by atoms with Gasteiger partial charge in [-0.3, -0.25) is 0 Å². The SMILES string of the molecule is CCCN(C[C@@H]1COc2ccccc2O1)C(=S)Nc1cc(Cl)cc(Cl)c1. The van der Waals surface area contributed by atoms with Crippen LogP contribution in [0, 0.1) is 0 Å². The molecule has 26 heavy (non-hydrogen) atoms. The van der Waals surface area contributed by atoms with Crippen molar-refractivity contribution >= 4 is 46.2 Å². The Morgan fingerprint density at radius 2 is 1.88 bits per heavy atom. The Morgan fingerprint density at radius 3 is 2.58 bits per heavy atom. The van der Waals surface area contributed by atoms with E-state index in [0.29, 0.717) is 28.3 Å². The van der Waals surface area contributed by atoms with E-state index in [2.05, 4.69) is 17.1 Å². The van der Waals surface area contributed by atoms with Gasteiger partial charge in [0.2, 0.25) is 0 Å². The summed E-state index contributed by atoms with van der Waals surface area (Å²) < 4.78 is 11.8. The van der Waals surface area contributed by atoms with Crippen LogP contribution in [-0.4, -0.2) is 35.8 Å². The van der Waals surface area contributed by atoms with Crippen LogP contribution in [0.15, 0.2) is 42.5 Å². The molecule has 4 nitrogen and oxygen atoms in total. The van der Waals surface area contributed by atoms with Gasteiger partial charge in [-0.2, -0.15) is 0 Å². The first-order valence-corrected chi connectivity index (χ1v) is 9.62. The fourth-order valence-corrected chi connectivity index (χ4v) is 3.58. The van der Waals surface area contributed by atoms with Gasteiger partial charge < -0.3 is 19.7 Å². The van der Waals surface area contributed by atoms with Crippen molar-refractivity contribution in [2.75, 3.05) is 25.0 Å². The van der Waals surface area contributed by atoms with E-state index in [0.717, 1.165) is 30.2 Å². The average Bonchev–Trinajstić information content (AvgIpc) is 2.60. The number of hydrogen-bond acceptors (Lipinski definition) is 3. The van der Waals surface area contributed by atoms with Crippen LogP contribution in [0.5, 0.6) is 11.5 Å². The minimum Gasteiger partial charge on any atom is -0.486 e. The van der Waals surface area contributed by atoms with Crippen LogP contribution in [-0.2, 0) is 0 Å². The molecule has 1 aliphatic heterocycles. The number of nitrogens with zero attached hydrogens (tertiary/aromatic N) is 1. The normalized spacial score (nSPS) is 15.4. The molecule has 1 heterocycles. The van der Waals surface area contributed by atoms with E-state index in [1.807, 2.05) is 24.3 Å². The molecule has 0 unspecified atom stereocenters. The zero-order valence-electron chi connectivity index (χ0n) is 14.4. The number of halogens is 2. The van der Waals surface area contributed by atoms with Gasteiger partial charge >= 0.3 is 0 Å². The minimum absolute atomic E-state index is 0.0980. The van der Waals surface area contributed by atoms with Crippen molar-refractivity contribution in [3.05, 3.63) is 52.5 Å². The Hall–Kier alpha value is -1.69. The maximum absolute atomic E-state index is 6.06. The molecule has 0 aliphatic carbocycles. The van der Waals surface area contributed by atoms with Crippen LogP contribution in [0.2, 0.25) is 10.0 Å². The van der Waals surface area contributed by atoms with E-state index in [4.69, 9.17) is 44.9 Å². The molecule has 0 fully saturated rings. The molecular formula is C19H20Cl2N2O2S. The van der Waals surface area contributed by atoms with Gasteiger partial charge in [-0.1, -0.05) is 42.3 Å². The van der Waals surface area contributed by atoms with Gasteiger partial charge in [0.1, 0.15) is 6.61 Å². The van der Waals surface area contributed by atoms with Crippen molar-refractivity contribution in [2.45, 2.75) is 19.4 Å². The summed E-state index contributed by atoms with van der Waals surface area (Å²) in [7, 11) is 0. The number of thiocarbonyl (C=S) groups is 1. The highest BCUT2D eigenvalue weighted by molar-refractivity contribution is 7.80. The number of benzene rings is 2. The van der Waals surface area contributed by atoms with Crippen LogP contribution in [0.25, 0.3) is 0 Å². The lowest BCUT2D eigenvalue weighted by molar-refractivity contribution is 0.0746. The zero-order valence-corrected chi connectivity index (χ0v) is 16.7. The van der Waals surface area contributed by atoms with Crippen molar-refractivity contribution in [1.29, 1.82) is 0 Å². The third-order valence-corrected chi connectivity index (χ3v) is 4.68. The number of rotatable bonds is 5. The highest BCUT2D eigenvalue weighted by atomic mass is 35.5. The topological polar surface area (TPSA) is 33.7 Å². The molecule has 3 rings (SSSR count). The lowest BCUT2D eigenvalue weighted by Crippen LogP contribution is -2.45. The smallest absolute Gasteiger partial charge is 0.173 e. The zero-order chi connectivity index (χ0) is 18.5. The Bertz CT molecular complexity index is 768. The molecule has 7 heteroatoms. The molecule has 0 radical (unpaired) electrons. The molecule has 0 spiro atoms. The second-order valence-electron chi connectivity index (χ2n) is 6.03. The summed E-state index contributed by atoms with van der Waals surface area (Å²) in [5.41, 5.74) is 0.764. The molecule has 1 N–H and O–H groups in total. The second kappa shape index (κ2) is 8.80. The van der Waals surface area contributed by atoms with E-state index < -0.39 is 0 Å². The Labute approximate surface area is 169 Å². The highest BCUT2D eigenvalue weighted by Gasteiger charge is 2.24. The minimum atomic E-state index is -0.0980. The molecule has 138 valence electrons. The van der Waals surface area contributed by atoms with Crippen molar-refractivity contribution in [2.24, 2.45) is 0 Å². The quantitative estimate of drug-likeness (QED) is 0.681. The average molecular weight is 411 g/mol. The number of hydrogen-bond donors (Lipinski definition) is 1. The van der Waals surface area contributed by atoms with E-state index >= 15 is 0 Å². The van der Waals surface area contributed by atoms with E-state index in [-0.39, 0.29) is 6.10 Å². The molecule has 1 atom stereocenters. The molecule has 2 aromatic carbocycles. The maximum atomic E-state index is 6.06. The van der Waals surface area contributed by atoms with Gasteiger partial charge in [-0.25, -0.2) is 0 Å². The Balaban J connectivity index is 1.66. The predicted octanol–water partition coefficient (Wildman–Crippen LogP) is 5.24. The third kappa shape index (κ3) is 4.93. The summed E-state index contributed by atoms with van der Waals surface area (Å²) in [5, 5.41) is 4.93. The molecule has 0 saturated heterocycles. The van der Waals surface area contributed by atoms with Gasteiger partial charge in [0.25, 0.3) is 0 Å². The summed E-state index contributed by atoms with van der Waals surface area (Å²) in [6, 6.07) is 13.0. The molecule has 0 aromatic heterocycles. The van der Waals surface area contributed by atoms with Gasteiger partial charge in [0.05, 0.1) is 6.54 Å². The van der Waals surface area contributed by atoms with Gasteiger partial charge in [-0.15, -0.1) is 0 Å². The number of anilines is 1. The summed E-state index contributed by atoms with van der Waals surface area (Å²) in [5.74, 6) is 1.54. The van der Waals surface area contributed by atoms with Crippen LogP contribution in [0.3, 0.4) is 0 Å². The number of ether oxygens (including phenoxy) is 2. The highest BCUT2D eigenvalue weighted by Crippen LogP contribution is 2.31. The molecule has 0 saturated carbocycles. The summed E-state index contributed by atoms with van der Waals surface area (Å²) >= 11 is 17.7. The monoisotopic (exact) mass is 410 g/mol. The van der Waals surface area contributed by atoms with Crippen molar-refractivity contribution in [3.63, 3.8) is 0 Å². The fourth-order valence-electron chi connectivity index (χ4n) is 2.77. The largest absolute Gasteiger partial charge is 0.486 e. The van der Waals surface area contributed by atoms with Crippen molar-refractivity contribution in [1.82, 2.24) is 4.90 Å². The first-order chi connectivity index (χ1) is 12.5. The summed E-state index contributed by atoms with van der Waals surface area (Å²) in [4.78, 5) is 2.08. The van der Waals surface area contributed by atoms with Crippen LogP contribution >= 0.6 is 35.4 Å². The van der Waals surface area contributed by atoms with Crippen LogP contribution in [0.1, 0.15) is 13.3 Å². The third-order valence-electron chi connectivity index (χ3n) is 3.89. The Morgan fingerprint density at radius 1 is 1.19 bits per heavy atom. The first kappa shape index (κ1) is 19.1. The molecule has 1 aliphatic rings. The van der Waals surface area contributed by atoms with Gasteiger partial charge in [0.15, 0.2) is 22.7 Å². The van der Waals surface area contributed by atoms with Gasteiger partial charge in [-0.05, 0) is 49.0 Å². The van der Waals surface area contributed by atoms with E-state index in [1.165, 1.54) is 0 Å². The van der Waals surface area contributed by atoms with E-state index in [1.54, 1.807) is 18.2 Å². The molecule has 0 bridgehead atoms. The van der Waals surface area contributed by atoms with E-state index in [9.17, 15) is 0 Å². The summed E-state index contributed by atoms with van der Waals surface area (Å²) in [6.45, 7) is 4.03. The van der Waals surface area contributed by atoms with Gasteiger partial charge in [0, 0.05) is 22.3 Å². The fraction of sp³-hybridized carbons (Fsp3) is 0.316.